The fourth-order valence-corrected chi connectivity index (χ4v) is 3.07. The molecule has 0 saturated heterocycles. The van der Waals surface area contributed by atoms with Crippen molar-refractivity contribution in [3.05, 3.63) is 59.7 Å². The van der Waals surface area contributed by atoms with Gasteiger partial charge in [0.1, 0.15) is 5.75 Å². The smallest absolute Gasteiger partial charge is 0.255 e. The zero-order valence-corrected chi connectivity index (χ0v) is 16.2. The molecule has 1 aliphatic carbocycles. The van der Waals surface area contributed by atoms with Crippen LogP contribution in [0.3, 0.4) is 0 Å². The van der Waals surface area contributed by atoms with Crippen LogP contribution in [0, 0.1) is 5.92 Å². The summed E-state index contributed by atoms with van der Waals surface area (Å²) >= 11 is 0. The van der Waals surface area contributed by atoms with Crippen LogP contribution < -0.4 is 15.8 Å². The lowest BCUT2D eigenvalue weighted by Gasteiger charge is -2.23. The molecule has 2 aromatic carbocycles. The van der Waals surface area contributed by atoms with Crippen molar-refractivity contribution in [3.8, 4) is 5.75 Å². The molecule has 0 atom stereocenters. The molecule has 3 N–H and O–H groups in total. The molecule has 28 heavy (non-hydrogen) atoms. The van der Waals surface area contributed by atoms with Gasteiger partial charge >= 0.3 is 0 Å². The fraction of sp³-hybridized carbons (Fsp3) is 0.364. The van der Waals surface area contributed by atoms with Gasteiger partial charge in [-0.1, -0.05) is 18.2 Å². The first-order valence-electron chi connectivity index (χ1n) is 9.64. The molecular weight excluding hydrogens is 354 g/mol. The third-order valence-corrected chi connectivity index (χ3v) is 4.76. The summed E-state index contributed by atoms with van der Waals surface area (Å²) < 4.78 is 5.17. The molecule has 2 aromatic rings. The number of hydrogen-bond acceptors (Lipinski definition) is 4. The Kier molecular flexibility index (Phi) is 6.66. The summed E-state index contributed by atoms with van der Waals surface area (Å²) in [5, 5.41) is 2.91. The van der Waals surface area contributed by atoms with E-state index in [2.05, 4.69) is 5.32 Å². The molecule has 0 aliphatic heterocycles. The molecule has 0 radical (unpaired) electrons. The Morgan fingerprint density at radius 1 is 1.18 bits per heavy atom. The van der Waals surface area contributed by atoms with Gasteiger partial charge in [-0.15, -0.1) is 0 Å². The van der Waals surface area contributed by atoms with E-state index in [0.29, 0.717) is 36.6 Å². The Morgan fingerprint density at radius 2 is 1.96 bits per heavy atom. The number of ether oxygens (including phenoxy) is 1. The number of carbonyl (C=O) groups excluding carboxylic acids is 2. The van der Waals surface area contributed by atoms with Crippen LogP contribution in [0.4, 0.5) is 5.69 Å². The van der Waals surface area contributed by atoms with Gasteiger partial charge in [0.15, 0.2) is 0 Å². The highest BCUT2D eigenvalue weighted by Gasteiger charge is 2.33. The second kappa shape index (κ2) is 9.37. The topological polar surface area (TPSA) is 84.7 Å². The standard InChI is InChI=1S/C22H27N3O3/c1-28-20-8-3-6-18(14-20)21(26)24-19-7-2-5-16(13-19)15-25(12-4-11-23)22(27)17-9-10-17/h2-3,5-8,13-14,17H,4,9-12,15,23H2,1H3,(H,24,26). The number of hydrogen-bond donors (Lipinski definition) is 2. The van der Waals surface area contributed by atoms with Gasteiger partial charge in [-0.2, -0.15) is 0 Å². The van der Waals surface area contributed by atoms with Crippen molar-refractivity contribution < 1.29 is 14.3 Å². The number of anilines is 1. The Labute approximate surface area is 165 Å². The van der Waals surface area contributed by atoms with Crippen molar-refractivity contribution in [1.82, 2.24) is 4.90 Å². The first-order chi connectivity index (χ1) is 13.6. The molecule has 0 bridgehead atoms. The van der Waals surface area contributed by atoms with Crippen molar-refractivity contribution >= 4 is 17.5 Å². The van der Waals surface area contributed by atoms with Crippen molar-refractivity contribution in [2.75, 3.05) is 25.5 Å². The van der Waals surface area contributed by atoms with Crippen molar-refractivity contribution in [1.29, 1.82) is 0 Å². The van der Waals surface area contributed by atoms with Gasteiger partial charge < -0.3 is 20.7 Å². The minimum atomic E-state index is -0.204. The summed E-state index contributed by atoms with van der Waals surface area (Å²) in [6.45, 7) is 1.75. The molecule has 6 nitrogen and oxygen atoms in total. The van der Waals surface area contributed by atoms with Crippen LogP contribution >= 0.6 is 0 Å². The van der Waals surface area contributed by atoms with Crippen LogP contribution in [0.5, 0.6) is 5.75 Å². The second-order valence-electron chi connectivity index (χ2n) is 7.06. The molecule has 1 fully saturated rings. The minimum Gasteiger partial charge on any atom is -0.497 e. The van der Waals surface area contributed by atoms with Crippen molar-refractivity contribution in [2.24, 2.45) is 11.7 Å². The lowest BCUT2D eigenvalue weighted by Crippen LogP contribution is -2.33. The number of nitrogens with zero attached hydrogens (tertiary/aromatic N) is 1. The first kappa shape index (κ1) is 19.9. The normalized spacial score (nSPS) is 13.1. The molecule has 0 unspecified atom stereocenters. The molecule has 0 aromatic heterocycles. The number of methoxy groups -OCH3 is 1. The average molecular weight is 381 g/mol. The predicted molar refractivity (Wildman–Crippen MR) is 109 cm³/mol. The highest BCUT2D eigenvalue weighted by Crippen LogP contribution is 2.31. The molecular formula is C22H27N3O3. The average Bonchev–Trinajstić information content (AvgIpc) is 3.56. The van der Waals surface area contributed by atoms with Crippen LogP contribution in [0.1, 0.15) is 35.2 Å². The van der Waals surface area contributed by atoms with E-state index in [4.69, 9.17) is 10.5 Å². The van der Waals surface area contributed by atoms with E-state index in [9.17, 15) is 9.59 Å². The number of rotatable bonds is 9. The molecule has 148 valence electrons. The fourth-order valence-electron chi connectivity index (χ4n) is 3.07. The quantitative estimate of drug-likeness (QED) is 0.699. The number of benzene rings is 2. The lowest BCUT2D eigenvalue weighted by molar-refractivity contribution is -0.133. The number of nitrogens with two attached hydrogens (primary N) is 1. The molecule has 2 amide bonds. The highest BCUT2D eigenvalue weighted by atomic mass is 16.5. The highest BCUT2D eigenvalue weighted by molar-refractivity contribution is 6.04. The van der Waals surface area contributed by atoms with Gasteiger partial charge in [-0.05, 0) is 61.7 Å². The van der Waals surface area contributed by atoms with E-state index in [-0.39, 0.29) is 17.7 Å². The SMILES string of the molecule is COc1cccc(C(=O)Nc2cccc(CN(CCCN)C(=O)C3CC3)c2)c1. The summed E-state index contributed by atoms with van der Waals surface area (Å²) in [6, 6.07) is 14.6. The van der Waals surface area contributed by atoms with E-state index in [1.165, 1.54) is 0 Å². The summed E-state index contributed by atoms with van der Waals surface area (Å²) in [5.74, 6) is 0.814. The third kappa shape index (κ3) is 5.33. The number of carbonyl (C=O) groups is 2. The van der Waals surface area contributed by atoms with Crippen molar-refractivity contribution in [3.63, 3.8) is 0 Å². The molecule has 1 saturated carbocycles. The van der Waals surface area contributed by atoms with E-state index in [1.807, 2.05) is 29.2 Å². The third-order valence-electron chi connectivity index (χ3n) is 4.76. The van der Waals surface area contributed by atoms with Crippen LogP contribution in [-0.4, -0.2) is 36.9 Å². The zero-order chi connectivity index (χ0) is 19.9. The number of nitrogens with one attached hydrogen (secondary N) is 1. The van der Waals surface area contributed by atoms with E-state index in [0.717, 1.165) is 24.8 Å². The molecule has 0 heterocycles. The molecule has 3 rings (SSSR count). The minimum absolute atomic E-state index is 0.175. The van der Waals surface area contributed by atoms with Crippen LogP contribution in [-0.2, 0) is 11.3 Å². The Hall–Kier alpha value is -2.86. The lowest BCUT2D eigenvalue weighted by atomic mass is 10.1. The zero-order valence-electron chi connectivity index (χ0n) is 16.2. The van der Waals surface area contributed by atoms with Gasteiger partial charge in [-0.3, -0.25) is 9.59 Å². The maximum Gasteiger partial charge on any atom is 0.255 e. The van der Waals surface area contributed by atoms with Crippen LogP contribution in [0.15, 0.2) is 48.5 Å². The molecule has 1 aliphatic rings. The van der Waals surface area contributed by atoms with Crippen molar-refractivity contribution in [2.45, 2.75) is 25.8 Å². The second-order valence-corrected chi connectivity index (χ2v) is 7.06. The molecule has 0 spiro atoms. The molecule has 6 heteroatoms. The number of amides is 2. The van der Waals surface area contributed by atoms with Gasteiger partial charge in [0.25, 0.3) is 5.91 Å². The van der Waals surface area contributed by atoms with Gasteiger partial charge in [0, 0.05) is 30.3 Å². The predicted octanol–water partition coefficient (Wildman–Crippen LogP) is 3.03. The maximum absolute atomic E-state index is 12.5. The summed E-state index contributed by atoms with van der Waals surface area (Å²) in [5.41, 5.74) is 7.83. The van der Waals surface area contributed by atoms with E-state index >= 15 is 0 Å². The van der Waals surface area contributed by atoms with E-state index < -0.39 is 0 Å². The monoisotopic (exact) mass is 381 g/mol. The van der Waals surface area contributed by atoms with Gasteiger partial charge in [0.05, 0.1) is 7.11 Å². The van der Waals surface area contributed by atoms with E-state index in [1.54, 1.807) is 31.4 Å². The Morgan fingerprint density at radius 3 is 2.68 bits per heavy atom. The maximum atomic E-state index is 12.5. The summed E-state index contributed by atoms with van der Waals surface area (Å²) in [6.07, 6.45) is 2.74. The first-order valence-corrected chi connectivity index (χ1v) is 9.64. The van der Waals surface area contributed by atoms with Crippen LogP contribution in [0.25, 0.3) is 0 Å². The van der Waals surface area contributed by atoms with Gasteiger partial charge in [0.2, 0.25) is 5.91 Å². The summed E-state index contributed by atoms with van der Waals surface area (Å²) in [4.78, 5) is 26.9. The summed E-state index contributed by atoms with van der Waals surface area (Å²) in [7, 11) is 1.57. The largest absolute Gasteiger partial charge is 0.497 e. The van der Waals surface area contributed by atoms with Crippen LogP contribution in [0.2, 0.25) is 0 Å². The van der Waals surface area contributed by atoms with Gasteiger partial charge in [-0.25, -0.2) is 0 Å². The Bertz CT molecular complexity index is 833. The Balaban J connectivity index is 1.68.